The minimum atomic E-state index is -0.195. The zero-order valence-electron chi connectivity index (χ0n) is 18.9. The summed E-state index contributed by atoms with van der Waals surface area (Å²) in [7, 11) is 0. The lowest BCUT2D eigenvalue weighted by atomic mass is 10.2. The normalized spacial score (nSPS) is 10.9. The molecule has 4 aromatic heterocycles. The number of thioether (sulfide) groups is 1. The maximum Gasteiger partial charge on any atom is 0.270 e. The molecule has 0 aliphatic carbocycles. The van der Waals surface area contributed by atoms with Gasteiger partial charge < -0.3 is 5.32 Å². The van der Waals surface area contributed by atoms with E-state index in [9.17, 15) is 4.79 Å². The van der Waals surface area contributed by atoms with Crippen LogP contribution in [0.1, 0.15) is 21.2 Å². The molecule has 180 valence electrons. The molecule has 36 heavy (non-hydrogen) atoms. The lowest BCUT2D eigenvalue weighted by Gasteiger charge is -2.10. The van der Waals surface area contributed by atoms with Crippen LogP contribution in [0.5, 0.6) is 0 Å². The number of amides is 1. The van der Waals surface area contributed by atoms with Crippen molar-refractivity contribution in [1.29, 1.82) is 0 Å². The molecule has 5 rings (SSSR count). The van der Waals surface area contributed by atoms with E-state index in [0.717, 1.165) is 22.0 Å². The third-order valence-electron chi connectivity index (χ3n) is 5.12. The monoisotopic (exact) mass is 533 g/mol. The van der Waals surface area contributed by atoms with Gasteiger partial charge in [0.25, 0.3) is 5.91 Å². The summed E-state index contributed by atoms with van der Waals surface area (Å²) in [5.74, 6) is 1.01. The van der Waals surface area contributed by atoms with Gasteiger partial charge in [0.05, 0.1) is 11.4 Å². The Bertz CT molecular complexity index is 1460. The number of nitrogens with zero attached hydrogens (tertiary/aromatic N) is 6. The van der Waals surface area contributed by atoms with E-state index in [1.54, 1.807) is 24.0 Å². The average molecular weight is 534 g/mol. The van der Waals surface area contributed by atoms with Gasteiger partial charge in [-0.15, -0.1) is 21.5 Å². The molecule has 11 heteroatoms. The second kappa shape index (κ2) is 11.4. The van der Waals surface area contributed by atoms with Gasteiger partial charge in [-0.3, -0.25) is 19.3 Å². The molecule has 0 saturated carbocycles. The molecule has 0 aliphatic rings. The van der Waals surface area contributed by atoms with Crippen molar-refractivity contribution in [3.8, 4) is 17.1 Å². The summed E-state index contributed by atoms with van der Waals surface area (Å²) >= 11 is 9.20. The van der Waals surface area contributed by atoms with E-state index >= 15 is 0 Å². The van der Waals surface area contributed by atoms with Gasteiger partial charge in [0, 0.05) is 53.2 Å². The number of carbonyl (C=O) groups excluding carboxylic acids is 1. The number of hydrogen-bond acceptors (Lipinski definition) is 8. The van der Waals surface area contributed by atoms with E-state index in [1.165, 1.54) is 23.1 Å². The van der Waals surface area contributed by atoms with Crippen molar-refractivity contribution in [1.82, 2.24) is 35.0 Å². The molecule has 0 fully saturated rings. The molecule has 1 aromatic carbocycles. The minimum Gasteiger partial charge on any atom is -0.350 e. The zero-order chi connectivity index (χ0) is 24.7. The first-order valence-corrected chi connectivity index (χ1v) is 13.3. The van der Waals surface area contributed by atoms with Gasteiger partial charge in [-0.2, -0.15) is 0 Å². The molecule has 1 N–H and O–H groups in total. The Kier molecular flexibility index (Phi) is 7.65. The first-order valence-electron chi connectivity index (χ1n) is 11.0. The highest BCUT2D eigenvalue weighted by molar-refractivity contribution is 7.98. The standard InChI is InChI=1S/C25H20ClN7OS2/c26-18-6-3-8-20(13-18)33-23(17-5-4-10-27-14-17)31-32-25(33)36-16-22-30-21(15-35-22)24(34)29-12-9-19-7-1-2-11-28-19/h1-8,10-11,13-15H,9,12,16H2,(H,29,34). The third kappa shape index (κ3) is 5.78. The van der Waals surface area contributed by atoms with Gasteiger partial charge in [0.15, 0.2) is 11.0 Å². The van der Waals surface area contributed by atoms with E-state index in [2.05, 4.69) is 30.5 Å². The smallest absolute Gasteiger partial charge is 0.270 e. The Morgan fingerprint density at radius 1 is 1.08 bits per heavy atom. The highest BCUT2D eigenvalue weighted by Crippen LogP contribution is 2.31. The van der Waals surface area contributed by atoms with Gasteiger partial charge in [-0.25, -0.2) is 4.98 Å². The summed E-state index contributed by atoms with van der Waals surface area (Å²) in [5.41, 5.74) is 3.03. The third-order valence-corrected chi connectivity index (χ3v) is 7.33. The van der Waals surface area contributed by atoms with Crippen LogP contribution in [-0.4, -0.2) is 42.2 Å². The predicted octanol–water partition coefficient (Wildman–Crippen LogP) is 5.10. The van der Waals surface area contributed by atoms with Crippen LogP contribution in [0.25, 0.3) is 17.1 Å². The van der Waals surface area contributed by atoms with Crippen molar-refractivity contribution in [2.45, 2.75) is 17.3 Å². The highest BCUT2D eigenvalue weighted by Gasteiger charge is 2.18. The Morgan fingerprint density at radius 2 is 2.03 bits per heavy atom. The maximum absolute atomic E-state index is 12.5. The number of halogens is 1. The molecule has 0 saturated heterocycles. The van der Waals surface area contributed by atoms with Crippen LogP contribution in [-0.2, 0) is 12.2 Å². The van der Waals surface area contributed by atoms with Crippen molar-refractivity contribution in [2.24, 2.45) is 0 Å². The summed E-state index contributed by atoms with van der Waals surface area (Å²) in [5, 5.41) is 15.6. The summed E-state index contributed by atoms with van der Waals surface area (Å²) in [6.07, 6.45) is 5.87. The fourth-order valence-corrected chi connectivity index (χ4v) is 5.37. The molecule has 0 spiro atoms. The topological polar surface area (TPSA) is 98.5 Å². The number of rotatable bonds is 9. The number of carbonyl (C=O) groups is 1. The fraction of sp³-hybridized carbons (Fsp3) is 0.120. The van der Waals surface area contributed by atoms with Crippen molar-refractivity contribution in [3.05, 3.63) is 100.0 Å². The van der Waals surface area contributed by atoms with Crippen molar-refractivity contribution in [3.63, 3.8) is 0 Å². The number of aromatic nitrogens is 6. The van der Waals surface area contributed by atoms with Crippen LogP contribution >= 0.6 is 34.7 Å². The lowest BCUT2D eigenvalue weighted by Crippen LogP contribution is -2.26. The SMILES string of the molecule is O=C(NCCc1ccccn1)c1csc(CSc2nnc(-c3cccnc3)n2-c2cccc(Cl)c2)n1. The second-order valence-electron chi connectivity index (χ2n) is 7.61. The van der Waals surface area contributed by atoms with Crippen molar-refractivity contribution >= 4 is 40.6 Å². The Balaban J connectivity index is 1.28. The Morgan fingerprint density at radius 3 is 2.83 bits per heavy atom. The molecule has 5 aromatic rings. The molecule has 4 heterocycles. The van der Waals surface area contributed by atoms with Gasteiger partial charge >= 0.3 is 0 Å². The Labute approximate surface area is 220 Å². The van der Waals surface area contributed by atoms with Crippen LogP contribution in [0.2, 0.25) is 5.02 Å². The quantitative estimate of drug-likeness (QED) is 0.263. The van der Waals surface area contributed by atoms with Crippen LogP contribution in [0.4, 0.5) is 0 Å². The average Bonchev–Trinajstić information content (AvgIpc) is 3.56. The molecular weight excluding hydrogens is 514 g/mol. The van der Waals surface area contributed by atoms with Gasteiger partial charge in [0.1, 0.15) is 10.7 Å². The van der Waals surface area contributed by atoms with Crippen molar-refractivity contribution in [2.75, 3.05) is 6.54 Å². The maximum atomic E-state index is 12.5. The zero-order valence-corrected chi connectivity index (χ0v) is 21.3. The van der Waals surface area contributed by atoms with E-state index in [4.69, 9.17) is 11.6 Å². The van der Waals surface area contributed by atoms with E-state index in [0.29, 0.717) is 40.4 Å². The number of hydrogen-bond donors (Lipinski definition) is 1. The summed E-state index contributed by atoms with van der Waals surface area (Å²) in [6.45, 7) is 0.497. The lowest BCUT2D eigenvalue weighted by molar-refractivity contribution is 0.0949. The number of pyridine rings is 2. The van der Waals surface area contributed by atoms with E-state index < -0.39 is 0 Å². The predicted molar refractivity (Wildman–Crippen MR) is 142 cm³/mol. The number of nitrogens with one attached hydrogen (secondary N) is 1. The molecular formula is C25H20ClN7OS2. The Hall–Kier alpha value is -3.60. The van der Waals surface area contributed by atoms with Crippen LogP contribution < -0.4 is 5.32 Å². The molecule has 0 radical (unpaired) electrons. The molecule has 0 atom stereocenters. The molecule has 8 nitrogen and oxygen atoms in total. The van der Waals surface area contributed by atoms with Gasteiger partial charge in [-0.05, 0) is 42.5 Å². The first kappa shape index (κ1) is 24.1. The molecule has 1 amide bonds. The number of thiazole rings is 1. The summed E-state index contributed by atoms with van der Waals surface area (Å²) in [6, 6.07) is 17.1. The second-order valence-corrected chi connectivity index (χ2v) is 9.93. The van der Waals surface area contributed by atoms with Crippen LogP contribution in [0, 0.1) is 0 Å². The van der Waals surface area contributed by atoms with Gasteiger partial charge in [0.2, 0.25) is 0 Å². The van der Waals surface area contributed by atoms with Crippen molar-refractivity contribution < 1.29 is 4.79 Å². The fourth-order valence-electron chi connectivity index (χ4n) is 3.44. The summed E-state index contributed by atoms with van der Waals surface area (Å²) in [4.78, 5) is 25.5. The minimum absolute atomic E-state index is 0.195. The highest BCUT2D eigenvalue weighted by atomic mass is 35.5. The van der Waals surface area contributed by atoms with Gasteiger partial charge in [-0.1, -0.05) is 35.5 Å². The molecule has 0 unspecified atom stereocenters. The molecule has 0 bridgehead atoms. The molecule has 0 aliphatic heterocycles. The summed E-state index contributed by atoms with van der Waals surface area (Å²) < 4.78 is 1.95. The van der Waals surface area contributed by atoms with Crippen LogP contribution in [0.15, 0.2) is 83.7 Å². The van der Waals surface area contributed by atoms with Crippen LogP contribution in [0.3, 0.4) is 0 Å². The van der Waals surface area contributed by atoms with E-state index in [1.807, 2.05) is 59.2 Å². The first-order chi connectivity index (χ1) is 17.7. The largest absolute Gasteiger partial charge is 0.350 e. The number of benzene rings is 1. The van der Waals surface area contributed by atoms with E-state index in [-0.39, 0.29) is 5.91 Å².